The minimum absolute atomic E-state index is 0.0127. The van der Waals surface area contributed by atoms with Crippen LogP contribution in [0.3, 0.4) is 0 Å². The van der Waals surface area contributed by atoms with Crippen LogP contribution in [0.25, 0.3) is 56.0 Å². The van der Waals surface area contributed by atoms with Crippen LogP contribution < -0.4 is 5.32 Å². The van der Waals surface area contributed by atoms with Crippen molar-refractivity contribution in [1.29, 1.82) is 0 Å². The third kappa shape index (κ3) is 4.06. The van der Waals surface area contributed by atoms with Crippen LogP contribution >= 0.6 is 0 Å². The highest BCUT2D eigenvalue weighted by molar-refractivity contribution is 5.98. The molecular weight excluding hydrogens is 514 g/mol. The predicted octanol–water partition coefficient (Wildman–Crippen LogP) is 6.03. The molecule has 0 unspecified atom stereocenters. The van der Waals surface area contributed by atoms with Crippen molar-refractivity contribution < 1.29 is 13.6 Å². The summed E-state index contributed by atoms with van der Waals surface area (Å²) in [4.78, 5) is 33.3. The third-order valence-corrected chi connectivity index (χ3v) is 7.30. The Balaban J connectivity index is 1.29. The number of anilines is 1. The molecule has 7 rings (SSSR count). The highest BCUT2D eigenvalue weighted by Crippen LogP contribution is 2.35. The average molecular weight is 537 g/mol. The number of benzene rings is 1. The molecule has 11 heteroatoms. The summed E-state index contributed by atoms with van der Waals surface area (Å²) in [5.74, 6) is -0.809. The van der Waals surface area contributed by atoms with Crippen molar-refractivity contribution in [3.05, 3.63) is 72.8 Å². The van der Waals surface area contributed by atoms with Crippen molar-refractivity contribution in [2.75, 3.05) is 5.32 Å². The van der Waals surface area contributed by atoms with Gasteiger partial charge < -0.3 is 10.3 Å². The van der Waals surface area contributed by atoms with E-state index >= 15 is 4.39 Å². The van der Waals surface area contributed by atoms with Crippen LogP contribution in [0.1, 0.15) is 25.7 Å². The number of aromatic amines is 2. The maximum atomic E-state index is 16.1. The molecule has 0 aliphatic heterocycles. The lowest BCUT2D eigenvalue weighted by Crippen LogP contribution is -2.20. The second-order valence-corrected chi connectivity index (χ2v) is 9.84. The molecule has 1 amide bonds. The van der Waals surface area contributed by atoms with Gasteiger partial charge in [-0.25, -0.2) is 13.8 Å². The summed E-state index contributed by atoms with van der Waals surface area (Å²) in [7, 11) is 0. The van der Waals surface area contributed by atoms with Gasteiger partial charge in [-0.15, -0.1) is 0 Å². The van der Waals surface area contributed by atoms with E-state index in [2.05, 4.69) is 40.4 Å². The SMILES string of the molecule is O=C(Nc1cncc(-c2ncc3[nH]nc(-c4nc5c(-c6ccccc6F)nccc5[nH]4)c3c2F)c1)C1CCCC1. The van der Waals surface area contributed by atoms with E-state index in [1.807, 2.05) is 0 Å². The molecule has 0 bridgehead atoms. The van der Waals surface area contributed by atoms with Gasteiger partial charge in [-0.3, -0.25) is 24.8 Å². The number of imidazole rings is 1. The van der Waals surface area contributed by atoms with Crippen LogP contribution in [0.15, 0.2) is 61.2 Å². The zero-order chi connectivity index (χ0) is 27.2. The second kappa shape index (κ2) is 9.60. The molecule has 9 nitrogen and oxygen atoms in total. The van der Waals surface area contributed by atoms with Gasteiger partial charge in [0, 0.05) is 29.4 Å². The Hall–Kier alpha value is -5.06. The van der Waals surface area contributed by atoms with Crippen LogP contribution in [-0.2, 0) is 4.79 Å². The molecule has 1 fully saturated rings. The second-order valence-electron chi connectivity index (χ2n) is 9.84. The minimum atomic E-state index is -0.616. The molecule has 0 atom stereocenters. The number of fused-ring (bicyclic) bond motifs is 2. The number of aromatic nitrogens is 7. The molecule has 1 aliphatic carbocycles. The molecule has 0 spiro atoms. The Bertz CT molecular complexity index is 1910. The number of hydrogen-bond donors (Lipinski definition) is 3. The normalized spacial score (nSPS) is 13.8. The first-order valence-electron chi connectivity index (χ1n) is 13.0. The molecular formula is C29H22F2N8O. The molecule has 1 aromatic carbocycles. The van der Waals surface area contributed by atoms with E-state index in [9.17, 15) is 9.18 Å². The number of carbonyl (C=O) groups excluding carboxylic acids is 1. The monoisotopic (exact) mass is 536 g/mol. The average Bonchev–Trinajstić information content (AvgIpc) is 3.73. The first-order valence-corrected chi connectivity index (χ1v) is 13.0. The zero-order valence-corrected chi connectivity index (χ0v) is 21.1. The van der Waals surface area contributed by atoms with E-state index in [0.29, 0.717) is 44.9 Å². The van der Waals surface area contributed by atoms with Gasteiger partial charge in [-0.2, -0.15) is 5.10 Å². The Morgan fingerprint density at radius 1 is 0.950 bits per heavy atom. The van der Waals surface area contributed by atoms with E-state index in [-0.39, 0.29) is 28.6 Å². The number of carbonyl (C=O) groups is 1. The van der Waals surface area contributed by atoms with E-state index in [1.54, 1.807) is 36.5 Å². The van der Waals surface area contributed by atoms with Gasteiger partial charge in [0.05, 0.1) is 34.5 Å². The fraction of sp³-hybridized carbons (Fsp3) is 0.172. The van der Waals surface area contributed by atoms with Gasteiger partial charge in [0.15, 0.2) is 11.6 Å². The van der Waals surface area contributed by atoms with E-state index in [4.69, 9.17) is 0 Å². The number of amides is 1. The minimum Gasteiger partial charge on any atom is -0.336 e. The van der Waals surface area contributed by atoms with Gasteiger partial charge in [0.1, 0.15) is 28.4 Å². The van der Waals surface area contributed by atoms with Crippen LogP contribution in [0, 0.1) is 17.6 Å². The Labute approximate surface area is 226 Å². The maximum Gasteiger partial charge on any atom is 0.227 e. The summed E-state index contributed by atoms with van der Waals surface area (Å²) >= 11 is 0. The first-order chi connectivity index (χ1) is 19.6. The lowest BCUT2D eigenvalue weighted by molar-refractivity contribution is -0.119. The number of hydrogen-bond acceptors (Lipinski definition) is 6. The fourth-order valence-electron chi connectivity index (χ4n) is 5.32. The highest BCUT2D eigenvalue weighted by atomic mass is 19.1. The summed E-state index contributed by atoms with van der Waals surface area (Å²) in [6.07, 6.45) is 9.91. The highest BCUT2D eigenvalue weighted by Gasteiger charge is 2.24. The van der Waals surface area contributed by atoms with Gasteiger partial charge in [0.25, 0.3) is 0 Å². The Morgan fingerprint density at radius 2 is 1.80 bits per heavy atom. The van der Waals surface area contributed by atoms with E-state index in [0.717, 1.165) is 25.7 Å². The standard InChI is InChI=1S/C29H22F2N8O/c30-19-8-4-3-7-18(19)25-26-20(9-10-33-25)36-28(37-26)27-22-21(38-39-27)14-34-24(23(22)31)16-11-17(13-32-12-16)35-29(40)15-5-1-2-6-15/h3-4,7-15H,1-2,5-6H2,(H,35,40)(H,36,37)(H,38,39). The Kier molecular flexibility index (Phi) is 5.76. The molecule has 40 heavy (non-hydrogen) atoms. The lowest BCUT2D eigenvalue weighted by Gasteiger charge is -2.11. The molecule has 5 aromatic heterocycles. The van der Waals surface area contributed by atoms with E-state index in [1.165, 1.54) is 24.7 Å². The number of rotatable bonds is 5. The van der Waals surface area contributed by atoms with Gasteiger partial charge in [-0.1, -0.05) is 25.0 Å². The summed E-state index contributed by atoms with van der Waals surface area (Å²) in [5, 5.41) is 10.2. The fourth-order valence-corrected chi connectivity index (χ4v) is 5.32. The van der Waals surface area contributed by atoms with Crippen molar-refractivity contribution in [1.82, 2.24) is 35.1 Å². The topological polar surface area (TPSA) is 125 Å². The quantitative estimate of drug-likeness (QED) is 0.247. The van der Waals surface area contributed by atoms with Crippen molar-refractivity contribution in [2.45, 2.75) is 25.7 Å². The molecule has 5 heterocycles. The smallest absolute Gasteiger partial charge is 0.227 e. The summed E-state index contributed by atoms with van der Waals surface area (Å²) in [5.41, 5.74) is 3.27. The zero-order valence-electron chi connectivity index (χ0n) is 21.1. The number of nitrogens with zero attached hydrogens (tertiary/aromatic N) is 5. The predicted molar refractivity (Wildman–Crippen MR) is 146 cm³/mol. The van der Waals surface area contributed by atoms with Crippen molar-refractivity contribution in [3.8, 4) is 34.0 Å². The van der Waals surface area contributed by atoms with Crippen LogP contribution in [0.5, 0.6) is 0 Å². The largest absolute Gasteiger partial charge is 0.336 e. The molecule has 1 saturated carbocycles. The van der Waals surface area contributed by atoms with Gasteiger partial charge in [0.2, 0.25) is 5.91 Å². The molecule has 6 aromatic rings. The molecule has 0 saturated heterocycles. The molecule has 1 aliphatic rings. The molecule has 198 valence electrons. The van der Waals surface area contributed by atoms with E-state index < -0.39 is 11.6 Å². The number of H-pyrrole nitrogens is 2. The lowest BCUT2D eigenvalue weighted by atomic mass is 10.1. The number of nitrogens with one attached hydrogen (secondary N) is 3. The molecule has 0 radical (unpaired) electrons. The summed E-state index contributed by atoms with van der Waals surface area (Å²) < 4.78 is 30.6. The number of pyridine rings is 3. The van der Waals surface area contributed by atoms with Crippen molar-refractivity contribution in [3.63, 3.8) is 0 Å². The van der Waals surface area contributed by atoms with Crippen molar-refractivity contribution >= 4 is 33.5 Å². The van der Waals surface area contributed by atoms with Gasteiger partial charge >= 0.3 is 0 Å². The number of halogens is 2. The maximum absolute atomic E-state index is 16.1. The summed E-state index contributed by atoms with van der Waals surface area (Å²) in [6, 6.07) is 9.69. The summed E-state index contributed by atoms with van der Waals surface area (Å²) in [6.45, 7) is 0. The van der Waals surface area contributed by atoms with Crippen LogP contribution in [0.2, 0.25) is 0 Å². The van der Waals surface area contributed by atoms with Gasteiger partial charge in [-0.05, 0) is 37.1 Å². The Morgan fingerprint density at radius 3 is 2.65 bits per heavy atom. The van der Waals surface area contributed by atoms with Crippen LogP contribution in [0.4, 0.5) is 14.5 Å². The third-order valence-electron chi connectivity index (χ3n) is 7.30. The van der Waals surface area contributed by atoms with Crippen LogP contribution in [-0.4, -0.2) is 41.0 Å². The first kappa shape index (κ1) is 24.0. The molecule has 3 N–H and O–H groups in total. The van der Waals surface area contributed by atoms with Crippen molar-refractivity contribution in [2.24, 2.45) is 5.92 Å².